The molecule has 0 aliphatic heterocycles. The summed E-state index contributed by atoms with van der Waals surface area (Å²) >= 11 is 3.31. The predicted octanol–water partition coefficient (Wildman–Crippen LogP) is 2.77. The van der Waals surface area contributed by atoms with Gasteiger partial charge >= 0.3 is 0 Å². The van der Waals surface area contributed by atoms with E-state index in [1.165, 1.54) is 12.1 Å². The van der Waals surface area contributed by atoms with Crippen LogP contribution in [-0.2, 0) is 0 Å². The van der Waals surface area contributed by atoms with Crippen molar-refractivity contribution in [2.24, 2.45) is 0 Å². The lowest BCUT2D eigenvalue weighted by molar-refractivity contribution is 0.626. The van der Waals surface area contributed by atoms with Gasteiger partial charge in [-0.25, -0.2) is 9.37 Å². The van der Waals surface area contributed by atoms with Crippen LogP contribution in [0, 0.1) is 5.82 Å². The SMILES string of the molecule is Fc1cccc(-n2cncc2Br)c1. The second kappa shape index (κ2) is 3.30. The number of nitrogens with zero attached hydrogens (tertiary/aromatic N) is 2. The molecule has 2 rings (SSSR count). The summed E-state index contributed by atoms with van der Waals surface area (Å²) in [5.74, 6) is -0.252. The average molecular weight is 241 g/mol. The van der Waals surface area contributed by atoms with E-state index in [2.05, 4.69) is 20.9 Å². The van der Waals surface area contributed by atoms with Crippen LogP contribution in [0.15, 0.2) is 41.4 Å². The van der Waals surface area contributed by atoms with E-state index in [1.54, 1.807) is 23.2 Å². The number of halogens is 2. The van der Waals surface area contributed by atoms with Gasteiger partial charge in [0.25, 0.3) is 0 Å². The molecular weight excluding hydrogens is 235 g/mol. The molecule has 0 bridgehead atoms. The molecule has 0 N–H and O–H groups in total. The van der Waals surface area contributed by atoms with E-state index in [0.29, 0.717) is 0 Å². The Morgan fingerprint density at radius 2 is 2.23 bits per heavy atom. The van der Waals surface area contributed by atoms with Gasteiger partial charge < -0.3 is 0 Å². The fourth-order valence-electron chi connectivity index (χ4n) is 1.09. The Labute approximate surface area is 83.2 Å². The summed E-state index contributed by atoms with van der Waals surface area (Å²) in [5, 5.41) is 0. The van der Waals surface area contributed by atoms with E-state index in [0.717, 1.165) is 10.3 Å². The lowest BCUT2D eigenvalue weighted by Crippen LogP contribution is -1.92. The van der Waals surface area contributed by atoms with Gasteiger partial charge in [0.15, 0.2) is 0 Å². The van der Waals surface area contributed by atoms with Gasteiger partial charge in [0.05, 0.1) is 11.9 Å². The highest BCUT2D eigenvalue weighted by molar-refractivity contribution is 9.10. The van der Waals surface area contributed by atoms with Gasteiger partial charge in [-0.1, -0.05) is 6.07 Å². The third-order valence-corrected chi connectivity index (χ3v) is 2.27. The second-order valence-electron chi connectivity index (χ2n) is 2.57. The smallest absolute Gasteiger partial charge is 0.125 e. The van der Waals surface area contributed by atoms with Crippen molar-refractivity contribution in [3.05, 3.63) is 47.2 Å². The first-order chi connectivity index (χ1) is 6.27. The Morgan fingerprint density at radius 3 is 2.85 bits per heavy atom. The van der Waals surface area contributed by atoms with E-state index in [-0.39, 0.29) is 5.82 Å². The van der Waals surface area contributed by atoms with Gasteiger partial charge in [0, 0.05) is 0 Å². The Hall–Kier alpha value is -1.16. The highest BCUT2D eigenvalue weighted by atomic mass is 79.9. The topological polar surface area (TPSA) is 17.8 Å². The first-order valence-corrected chi connectivity index (χ1v) is 4.50. The third-order valence-electron chi connectivity index (χ3n) is 1.68. The summed E-state index contributed by atoms with van der Waals surface area (Å²) in [7, 11) is 0. The molecular formula is C9H6BrFN2. The van der Waals surface area contributed by atoms with Crippen molar-refractivity contribution in [1.29, 1.82) is 0 Å². The molecule has 1 aromatic carbocycles. The highest BCUT2D eigenvalue weighted by Crippen LogP contribution is 2.16. The van der Waals surface area contributed by atoms with E-state index in [9.17, 15) is 4.39 Å². The standard InChI is InChI=1S/C9H6BrFN2/c10-9-5-12-6-13(9)8-3-1-2-7(11)4-8/h1-6H. The summed E-state index contributed by atoms with van der Waals surface area (Å²) in [6, 6.07) is 6.34. The second-order valence-corrected chi connectivity index (χ2v) is 3.38. The molecule has 2 aromatic rings. The monoisotopic (exact) mass is 240 g/mol. The first-order valence-electron chi connectivity index (χ1n) is 3.71. The zero-order valence-electron chi connectivity index (χ0n) is 6.61. The van der Waals surface area contributed by atoms with Gasteiger partial charge in [0.1, 0.15) is 16.7 Å². The molecule has 0 amide bonds. The van der Waals surface area contributed by atoms with Crippen molar-refractivity contribution in [3.63, 3.8) is 0 Å². The molecule has 0 fully saturated rings. The molecule has 0 radical (unpaired) electrons. The van der Waals surface area contributed by atoms with Crippen molar-refractivity contribution in [1.82, 2.24) is 9.55 Å². The summed E-state index contributed by atoms with van der Waals surface area (Å²) < 4.78 is 15.4. The number of aromatic nitrogens is 2. The summed E-state index contributed by atoms with van der Waals surface area (Å²) in [6.07, 6.45) is 3.28. The Bertz CT molecular complexity index is 425. The van der Waals surface area contributed by atoms with Crippen molar-refractivity contribution < 1.29 is 4.39 Å². The lowest BCUT2D eigenvalue weighted by atomic mass is 10.3. The molecule has 1 heterocycles. The molecule has 66 valence electrons. The molecule has 4 heteroatoms. The summed E-state index contributed by atoms with van der Waals surface area (Å²) in [5.41, 5.74) is 0.754. The van der Waals surface area contributed by atoms with Gasteiger partial charge in [-0.05, 0) is 34.1 Å². The minimum atomic E-state index is -0.252. The fourth-order valence-corrected chi connectivity index (χ4v) is 1.51. The molecule has 2 nitrogen and oxygen atoms in total. The lowest BCUT2D eigenvalue weighted by Gasteiger charge is -2.02. The molecule has 0 aliphatic carbocycles. The molecule has 0 saturated carbocycles. The van der Waals surface area contributed by atoms with Crippen molar-refractivity contribution >= 4 is 15.9 Å². The maximum atomic E-state index is 12.8. The van der Waals surface area contributed by atoms with Crippen LogP contribution in [-0.4, -0.2) is 9.55 Å². The van der Waals surface area contributed by atoms with Gasteiger partial charge in [-0.3, -0.25) is 4.57 Å². The molecule has 13 heavy (non-hydrogen) atoms. The normalized spacial score (nSPS) is 10.3. The molecule has 0 saturated heterocycles. The summed E-state index contributed by atoms with van der Waals surface area (Å²) in [6.45, 7) is 0. The number of hydrogen-bond donors (Lipinski definition) is 0. The molecule has 1 aromatic heterocycles. The summed E-state index contributed by atoms with van der Waals surface area (Å²) in [4.78, 5) is 3.92. The molecule has 0 unspecified atom stereocenters. The van der Waals surface area contributed by atoms with Crippen LogP contribution in [0.1, 0.15) is 0 Å². The van der Waals surface area contributed by atoms with E-state index in [4.69, 9.17) is 0 Å². The van der Waals surface area contributed by atoms with E-state index >= 15 is 0 Å². The van der Waals surface area contributed by atoms with Crippen LogP contribution in [0.25, 0.3) is 5.69 Å². The van der Waals surface area contributed by atoms with Crippen LogP contribution in [0.2, 0.25) is 0 Å². The third kappa shape index (κ3) is 1.62. The first kappa shape index (κ1) is 8.44. The molecule has 0 spiro atoms. The van der Waals surface area contributed by atoms with Crippen molar-refractivity contribution in [2.75, 3.05) is 0 Å². The number of benzene rings is 1. The average Bonchev–Trinajstić information content (AvgIpc) is 2.51. The number of hydrogen-bond acceptors (Lipinski definition) is 1. The minimum Gasteiger partial charge on any atom is -0.293 e. The number of rotatable bonds is 1. The Kier molecular flexibility index (Phi) is 2.14. The zero-order chi connectivity index (χ0) is 9.26. The largest absolute Gasteiger partial charge is 0.293 e. The van der Waals surface area contributed by atoms with Crippen LogP contribution in [0.4, 0.5) is 4.39 Å². The van der Waals surface area contributed by atoms with Gasteiger partial charge in [0.2, 0.25) is 0 Å². The Morgan fingerprint density at radius 1 is 1.38 bits per heavy atom. The minimum absolute atomic E-state index is 0.252. The van der Waals surface area contributed by atoms with E-state index < -0.39 is 0 Å². The van der Waals surface area contributed by atoms with Crippen LogP contribution in [0.3, 0.4) is 0 Å². The zero-order valence-corrected chi connectivity index (χ0v) is 8.20. The van der Waals surface area contributed by atoms with Crippen LogP contribution in [0.5, 0.6) is 0 Å². The Balaban J connectivity index is 2.53. The van der Waals surface area contributed by atoms with Crippen molar-refractivity contribution in [2.45, 2.75) is 0 Å². The van der Waals surface area contributed by atoms with Gasteiger partial charge in [-0.2, -0.15) is 0 Å². The van der Waals surface area contributed by atoms with E-state index in [1.807, 2.05) is 6.07 Å². The fraction of sp³-hybridized carbons (Fsp3) is 0. The quantitative estimate of drug-likeness (QED) is 0.750. The highest BCUT2D eigenvalue weighted by Gasteiger charge is 2.01. The van der Waals surface area contributed by atoms with Crippen LogP contribution < -0.4 is 0 Å². The predicted molar refractivity (Wildman–Crippen MR) is 51.2 cm³/mol. The van der Waals surface area contributed by atoms with Gasteiger partial charge in [-0.15, -0.1) is 0 Å². The maximum Gasteiger partial charge on any atom is 0.125 e. The van der Waals surface area contributed by atoms with Crippen molar-refractivity contribution in [3.8, 4) is 5.69 Å². The van der Waals surface area contributed by atoms with Crippen LogP contribution >= 0.6 is 15.9 Å². The molecule has 0 atom stereocenters. The maximum absolute atomic E-state index is 12.8. The molecule has 0 aliphatic rings. The number of imidazole rings is 1.